The van der Waals surface area contributed by atoms with E-state index in [0.717, 1.165) is 19.6 Å². The zero-order chi connectivity index (χ0) is 13.4. The molecule has 0 spiro atoms. The predicted molar refractivity (Wildman–Crippen MR) is 82.5 cm³/mol. The first kappa shape index (κ1) is 15.5. The van der Waals surface area contributed by atoms with Crippen LogP contribution in [0.3, 0.4) is 0 Å². The molecular formula is C15H26N2S. The molecule has 18 heavy (non-hydrogen) atoms. The molecule has 0 atom stereocenters. The highest BCUT2D eigenvalue weighted by atomic mass is 32.2. The topological polar surface area (TPSA) is 15.3 Å². The van der Waals surface area contributed by atoms with Crippen LogP contribution in [0, 0.1) is 6.92 Å². The molecule has 2 nitrogen and oxygen atoms in total. The lowest BCUT2D eigenvalue weighted by Gasteiger charge is -2.17. The zero-order valence-corrected chi connectivity index (χ0v) is 12.9. The van der Waals surface area contributed by atoms with Crippen molar-refractivity contribution in [3.63, 3.8) is 0 Å². The number of benzene rings is 1. The average molecular weight is 266 g/mol. The molecule has 102 valence electrons. The molecule has 0 aliphatic rings. The molecule has 1 aromatic carbocycles. The molecule has 0 bridgehead atoms. The largest absolute Gasteiger partial charge is 0.316 e. The Morgan fingerprint density at radius 1 is 1.22 bits per heavy atom. The van der Waals surface area contributed by atoms with Crippen molar-refractivity contribution in [2.75, 3.05) is 32.4 Å². The summed E-state index contributed by atoms with van der Waals surface area (Å²) in [6.45, 7) is 11.1. The minimum atomic E-state index is 0.955. The molecule has 0 heterocycles. The first-order valence-corrected chi connectivity index (χ1v) is 7.79. The van der Waals surface area contributed by atoms with Gasteiger partial charge in [0, 0.05) is 23.7 Å². The predicted octanol–water partition coefficient (Wildman–Crippen LogP) is 3.15. The van der Waals surface area contributed by atoms with Gasteiger partial charge >= 0.3 is 0 Å². The van der Waals surface area contributed by atoms with E-state index >= 15 is 0 Å². The second kappa shape index (κ2) is 8.57. The Morgan fingerprint density at radius 3 is 2.50 bits per heavy atom. The van der Waals surface area contributed by atoms with E-state index in [4.69, 9.17) is 0 Å². The summed E-state index contributed by atoms with van der Waals surface area (Å²) >= 11 is 1.96. The summed E-state index contributed by atoms with van der Waals surface area (Å²) in [5, 5.41) is 3.20. The van der Waals surface area contributed by atoms with Crippen molar-refractivity contribution in [3.8, 4) is 0 Å². The van der Waals surface area contributed by atoms with Gasteiger partial charge in [0.25, 0.3) is 0 Å². The Labute approximate surface area is 116 Å². The molecule has 1 rings (SSSR count). The third-order valence-corrected chi connectivity index (χ3v) is 4.23. The van der Waals surface area contributed by atoms with Gasteiger partial charge in [0.05, 0.1) is 0 Å². The van der Waals surface area contributed by atoms with Crippen LogP contribution >= 0.6 is 11.8 Å². The summed E-state index contributed by atoms with van der Waals surface area (Å²) in [6.07, 6.45) is 0. The van der Waals surface area contributed by atoms with Gasteiger partial charge < -0.3 is 10.2 Å². The fourth-order valence-electron chi connectivity index (χ4n) is 1.98. The van der Waals surface area contributed by atoms with Gasteiger partial charge in [-0.25, -0.2) is 0 Å². The second-order valence-corrected chi connectivity index (χ2v) is 5.66. The van der Waals surface area contributed by atoms with Crippen LogP contribution in [0.15, 0.2) is 23.1 Å². The maximum Gasteiger partial charge on any atom is 0.0205 e. The summed E-state index contributed by atoms with van der Waals surface area (Å²) in [5.41, 5.74) is 2.78. The van der Waals surface area contributed by atoms with Crippen LogP contribution in [-0.4, -0.2) is 37.3 Å². The highest BCUT2D eigenvalue weighted by Crippen LogP contribution is 2.21. The van der Waals surface area contributed by atoms with Gasteiger partial charge in [0.2, 0.25) is 0 Å². The molecule has 1 aromatic rings. The molecule has 0 saturated carbocycles. The molecule has 3 heteroatoms. The number of hydrogen-bond donors (Lipinski definition) is 1. The van der Waals surface area contributed by atoms with Crippen LogP contribution in [0.25, 0.3) is 0 Å². The number of hydrogen-bond acceptors (Lipinski definition) is 3. The van der Waals surface area contributed by atoms with Crippen LogP contribution in [-0.2, 0) is 6.54 Å². The fraction of sp³-hybridized carbons (Fsp3) is 0.600. The summed E-state index contributed by atoms with van der Waals surface area (Å²) in [6, 6.07) is 6.79. The minimum Gasteiger partial charge on any atom is -0.316 e. The molecule has 0 unspecified atom stereocenters. The van der Waals surface area contributed by atoms with Gasteiger partial charge in [-0.3, -0.25) is 0 Å². The van der Waals surface area contributed by atoms with Crippen molar-refractivity contribution < 1.29 is 0 Å². The van der Waals surface area contributed by atoms with E-state index in [2.05, 4.69) is 49.2 Å². The first-order valence-electron chi connectivity index (χ1n) is 6.80. The highest BCUT2D eigenvalue weighted by molar-refractivity contribution is 7.99. The molecule has 0 saturated heterocycles. The molecule has 0 aromatic heterocycles. The first-order chi connectivity index (χ1) is 8.71. The van der Waals surface area contributed by atoms with Crippen LogP contribution in [0.2, 0.25) is 0 Å². The summed E-state index contributed by atoms with van der Waals surface area (Å²) in [7, 11) is 1.99. The number of aryl methyl sites for hydroxylation is 1. The fourth-order valence-corrected chi connectivity index (χ4v) is 2.99. The number of nitrogens with one attached hydrogen (secondary N) is 1. The van der Waals surface area contributed by atoms with Crippen LogP contribution in [0.5, 0.6) is 0 Å². The number of rotatable bonds is 8. The Bertz CT molecular complexity index is 348. The van der Waals surface area contributed by atoms with Crippen LogP contribution < -0.4 is 5.32 Å². The average Bonchev–Trinajstić information content (AvgIpc) is 2.38. The molecule has 0 aliphatic heterocycles. The van der Waals surface area contributed by atoms with E-state index in [0.29, 0.717) is 0 Å². The van der Waals surface area contributed by atoms with E-state index in [-0.39, 0.29) is 0 Å². The van der Waals surface area contributed by atoms with Crippen molar-refractivity contribution in [1.82, 2.24) is 10.2 Å². The molecule has 0 radical (unpaired) electrons. The molecule has 1 N–H and O–H groups in total. The maximum atomic E-state index is 3.20. The lowest BCUT2D eigenvalue weighted by atomic mass is 10.1. The van der Waals surface area contributed by atoms with Crippen molar-refractivity contribution >= 4 is 11.8 Å². The van der Waals surface area contributed by atoms with Gasteiger partial charge in [-0.15, -0.1) is 11.8 Å². The maximum absolute atomic E-state index is 3.20. The SMILES string of the molecule is CCN(CC)CCSc1ccc(CNC)c(C)c1. The van der Waals surface area contributed by atoms with Crippen LogP contribution in [0.1, 0.15) is 25.0 Å². The quantitative estimate of drug-likeness (QED) is 0.728. The second-order valence-electron chi connectivity index (χ2n) is 4.49. The third-order valence-electron chi connectivity index (χ3n) is 3.25. The Morgan fingerprint density at radius 2 is 1.94 bits per heavy atom. The van der Waals surface area contributed by atoms with Gasteiger partial charge in [-0.05, 0) is 50.3 Å². The van der Waals surface area contributed by atoms with Gasteiger partial charge in [-0.1, -0.05) is 19.9 Å². The number of thioether (sulfide) groups is 1. The van der Waals surface area contributed by atoms with Gasteiger partial charge in [0.1, 0.15) is 0 Å². The molecule has 0 fully saturated rings. The monoisotopic (exact) mass is 266 g/mol. The summed E-state index contributed by atoms with van der Waals surface area (Å²) < 4.78 is 0. The normalized spacial score (nSPS) is 11.2. The molecule has 0 aliphatic carbocycles. The number of nitrogens with zero attached hydrogens (tertiary/aromatic N) is 1. The lowest BCUT2D eigenvalue weighted by Crippen LogP contribution is -2.25. The third kappa shape index (κ3) is 5.01. The molecular weight excluding hydrogens is 240 g/mol. The van der Waals surface area contributed by atoms with Gasteiger partial charge in [-0.2, -0.15) is 0 Å². The lowest BCUT2D eigenvalue weighted by molar-refractivity contribution is 0.324. The van der Waals surface area contributed by atoms with Crippen molar-refractivity contribution in [2.24, 2.45) is 0 Å². The Kier molecular flexibility index (Phi) is 7.40. The van der Waals surface area contributed by atoms with E-state index in [1.807, 2.05) is 18.8 Å². The standard InChI is InChI=1S/C15H26N2S/c1-5-17(6-2)9-10-18-15-8-7-14(12-16-4)13(3)11-15/h7-8,11,16H,5-6,9-10,12H2,1-4H3. The summed E-state index contributed by atoms with van der Waals surface area (Å²) in [4.78, 5) is 3.86. The highest BCUT2D eigenvalue weighted by Gasteiger charge is 2.02. The van der Waals surface area contributed by atoms with E-state index in [9.17, 15) is 0 Å². The van der Waals surface area contributed by atoms with E-state index < -0.39 is 0 Å². The zero-order valence-electron chi connectivity index (χ0n) is 12.1. The van der Waals surface area contributed by atoms with Gasteiger partial charge in [0.15, 0.2) is 0 Å². The Balaban J connectivity index is 2.45. The molecule has 0 amide bonds. The Hall–Kier alpha value is -0.510. The smallest absolute Gasteiger partial charge is 0.0205 e. The van der Waals surface area contributed by atoms with Crippen molar-refractivity contribution in [2.45, 2.75) is 32.2 Å². The van der Waals surface area contributed by atoms with Crippen molar-refractivity contribution in [1.29, 1.82) is 0 Å². The van der Waals surface area contributed by atoms with E-state index in [1.165, 1.54) is 28.3 Å². The van der Waals surface area contributed by atoms with Crippen molar-refractivity contribution in [3.05, 3.63) is 29.3 Å². The van der Waals surface area contributed by atoms with E-state index in [1.54, 1.807) is 0 Å². The summed E-state index contributed by atoms with van der Waals surface area (Å²) in [5.74, 6) is 1.17. The minimum absolute atomic E-state index is 0.955. The van der Waals surface area contributed by atoms with Crippen LogP contribution in [0.4, 0.5) is 0 Å².